The fraction of sp³-hybridized carbons (Fsp3) is 0.0588. The average Bonchev–Trinajstić information content (AvgIpc) is 3.06. The number of hydrogen-bond donors (Lipinski definition) is 0. The zero-order chi connectivity index (χ0) is 15.6. The predicted octanol–water partition coefficient (Wildman–Crippen LogP) is 3.36. The lowest BCUT2D eigenvalue weighted by atomic mass is 10.1. The molecule has 0 amide bonds. The van der Waals surface area contributed by atoms with Gasteiger partial charge in [0, 0.05) is 30.4 Å². The second-order valence-electron chi connectivity index (χ2n) is 4.90. The molecule has 0 fully saturated rings. The highest BCUT2D eigenvalue weighted by Crippen LogP contribution is 2.27. The van der Waals surface area contributed by atoms with Crippen LogP contribution in [-0.2, 0) is 0 Å². The number of methoxy groups -OCH3 is 1. The van der Waals surface area contributed by atoms with Crippen molar-refractivity contribution in [3.63, 3.8) is 0 Å². The number of benzene rings is 1. The summed E-state index contributed by atoms with van der Waals surface area (Å²) in [5.41, 5.74) is 4.20. The molecule has 4 aromatic rings. The van der Waals surface area contributed by atoms with E-state index in [0.717, 1.165) is 27.8 Å². The summed E-state index contributed by atoms with van der Waals surface area (Å²) >= 11 is 0. The first-order chi connectivity index (χ1) is 11.3. The van der Waals surface area contributed by atoms with Crippen molar-refractivity contribution in [2.75, 3.05) is 7.11 Å². The Morgan fingerprint density at radius 3 is 2.57 bits per heavy atom. The standard InChI is InChI=1S/C17H12N4O2/c1-22-17-19-9-13(10-20-17)11-4-5-15-14(7-11)21-16(23-15)12-3-2-6-18-8-12/h2-10H,1H3. The number of hydrogen-bond acceptors (Lipinski definition) is 6. The molecule has 0 aliphatic carbocycles. The number of pyridine rings is 1. The van der Waals surface area contributed by atoms with Crippen LogP contribution in [0.3, 0.4) is 0 Å². The quantitative estimate of drug-likeness (QED) is 0.578. The van der Waals surface area contributed by atoms with Crippen LogP contribution in [0.2, 0.25) is 0 Å². The molecule has 0 bridgehead atoms. The Morgan fingerprint density at radius 2 is 1.83 bits per heavy atom. The van der Waals surface area contributed by atoms with Crippen LogP contribution in [-0.4, -0.2) is 27.0 Å². The maximum Gasteiger partial charge on any atom is 0.316 e. The zero-order valence-corrected chi connectivity index (χ0v) is 12.3. The van der Waals surface area contributed by atoms with E-state index >= 15 is 0 Å². The highest BCUT2D eigenvalue weighted by atomic mass is 16.5. The van der Waals surface area contributed by atoms with Crippen LogP contribution in [0, 0.1) is 0 Å². The van der Waals surface area contributed by atoms with Crippen LogP contribution in [0.4, 0.5) is 0 Å². The summed E-state index contributed by atoms with van der Waals surface area (Å²) in [7, 11) is 1.54. The van der Waals surface area contributed by atoms with Gasteiger partial charge in [-0.25, -0.2) is 15.0 Å². The highest BCUT2D eigenvalue weighted by molar-refractivity contribution is 5.82. The van der Waals surface area contributed by atoms with Gasteiger partial charge in [-0.05, 0) is 29.8 Å². The number of oxazole rings is 1. The number of ether oxygens (including phenoxy) is 1. The Balaban J connectivity index is 1.75. The number of nitrogens with zero attached hydrogens (tertiary/aromatic N) is 4. The van der Waals surface area contributed by atoms with E-state index in [4.69, 9.17) is 9.15 Å². The van der Waals surface area contributed by atoms with Gasteiger partial charge in [0.05, 0.1) is 12.7 Å². The first kappa shape index (κ1) is 13.4. The minimum Gasteiger partial charge on any atom is -0.467 e. The van der Waals surface area contributed by atoms with Crippen molar-refractivity contribution in [2.45, 2.75) is 0 Å². The molecule has 6 heteroatoms. The van der Waals surface area contributed by atoms with Gasteiger partial charge in [-0.1, -0.05) is 6.07 Å². The molecule has 23 heavy (non-hydrogen) atoms. The van der Waals surface area contributed by atoms with Crippen molar-refractivity contribution in [1.82, 2.24) is 19.9 Å². The summed E-state index contributed by atoms with van der Waals surface area (Å²) in [4.78, 5) is 16.9. The second kappa shape index (κ2) is 5.49. The summed E-state index contributed by atoms with van der Waals surface area (Å²) < 4.78 is 10.8. The van der Waals surface area contributed by atoms with E-state index in [0.29, 0.717) is 11.9 Å². The Morgan fingerprint density at radius 1 is 0.957 bits per heavy atom. The van der Waals surface area contributed by atoms with Crippen molar-refractivity contribution in [1.29, 1.82) is 0 Å². The minimum atomic E-state index is 0.343. The maximum atomic E-state index is 5.78. The van der Waals surface area contributed by atoms with Crippen molar-refractivity contribution < 1.29 is 9.15 Å². The molecule has 112 valence electrons. The molecule has 0 saturated carbocycles. The van der Waals surface area contributed by atoms with Gasteiger partial charge in [-0.15, -0.1) is 0 Å². The maximum absolute atomic E-state index is 5.78. The van der Waals surface area contributed by atoms with Gasteiger partial charge in [-0.3, -0.25) is 4.98 Å². The monoisotopic (exact) mass is 304 g/mol. The van der Waals surface area contributed by atoms with Crippen LogP contribution < -0.4 is 4.74 Å². The van der Waals surface area contributed by atoms with Crippen LogP contribution in [0.15, 0.2) is 59.5 Å². The fourth-order valence-electron chi connectivity index (χ4n) is 2.29. The third kappa shape index (κ3) is 2.50. The van der Waals surface area contributed by atoms with E-state index in [1.165, 1.54) is 7.11 Å². The molecule has 3 aromatic heterocycles. The first-order valence-electron chi connectivity index (χ1n) is 7.01. The largest absolute Gasteiger partial charge is 0.467 e. The summed E-state index contributed by atoms with van der Waals surface area (Å²) in [5.74, 6) is 0.552. The molecular weight excluding hydrogens is 292 g/mol. The molecule has 0 spiro atoms. The molecule has 3 heterocycles. The Labute approximate surface area is 131 Å². The summed E-state index contributed by atoms with van der Waals surface area (Å²) in [6, 6.07) is 9.90. The summed E-state index contributed by atoms with van der Waals surface area (Å²) in [6.07, 6.45) is 6.88. The third-order valence-corrected chi connectivity index (χ3v) is 3.44. The molecule has 0 aliphatic rings. The molecule has 0 atom stereocenters. The van der Waals surface area contributed by atoms with Gasteiger partial charge in [-0.2, -0.15) is 0 Å². The van der Waals surface area contributed by atoms with Crippen LogP contribution in [0.1, 0.15) is 0 Å². The first-order valence-corrected chi connectivity index (χ1v) is 7.01. The minimum absolute atomic E-state index is 0.343. The molecule has 1 aromatic carbocycles. The SMILES string of the molecule is COc1ncc(-c2ccc3oc(-c4cccnc4)nc3c2)cn1. The fourth-order valence-corrected chi connectivity index (χ4v) is 2.29. The lowest BCUT2D eigenvalue weighted by Crippen LogP contribution is -1.91. The smallest absolute Gasteiger partial charge is 0.316 e. The van der Waals surface area contributed by atoms with Crippen LogP contribution in [0.25, 0.3) is 33.7 Å². The Kier molecular flexibility index (Phi) is 3.20. The lowest BCUT2D eigenvalue weighted by Gasteiger charge is -2.01. The van der Waals surface area contributed by atoms with Crippen molar-refractivity contribution >= 4 is 11.1 Å². The molecular formula is C17H12N4O2. The molecule has 0 saturated heterocycles. The van der Waals surface area contributed by atoms with E-state index in [1.54, 1.807) is 24.8 Å². The van der Waals surface area contributed by atoms with Crippen molar-refractivity contribution in [2.24, 2.45) is 0 Å². The number of rotatable bonds is 3. The van der Waals surface area contributed by atoms with E-state index in [9.17, 15) is 0 Å². The lowest BCUT2D eigenvalue weighted by molar-refractivity contribution is 0.380. The van der Waals surface area contributed by atoms with E-state index in [1.807, 2.05) is 30.3 Å². The third-order valence-electron chi connectivity index (χ3n) is 3.44. The van der Waals surface area contributed by atoms with Gasteiger partial charge in [0.1, 0.15) is 5.52 Å². The average molecular weight is 304 g/mol. The highest BCUT2D eigenvalue weighted by Gasteiger charge is 2.10. The van der Waals surface area contributed by atoms with Gasteiger partial charge >= 0.3 is 6.01 Å². The summed E-state index contributed by atoms with van der Waals surface area (Å²) in [5, 5.41) is 0. The van der Waals surface area contributed by atoms with Gasteiger partial charge < -0.3 is 9.15 Å². The molecule has 0 N–H and O–H groups in total. The van der Waals surface area contributed by atoms with Crippen molar-refractivity contribution in [3.8, 4) is 28.6 Å². The van der Waals surface area contributed by atoms with E-state index in [2.05, 4.69) is 19.9 Å². The predicted molar refractivity (Wildman–Crippen MR) is 84.8 cm³/mol. The molecule has 6 nitrogen and oxygen atoms in total. The topological polar surface area (TPSA) is 73.9 Å². The van der Waals surface area contributed by atoms with Crippen LogP contribution in [0.5, 0.6) is 6.01 Å². The molecule has 4 rings (SSSR count). The van der Waals surface area contributed by atoms with Gasteiger partial charge in [0.15, 0.2) is 5.58 Å². The van der Waals surface area contributed by atoms with Crippen molar-refractivity contribution in [3.05, 3.63) is 55.1 Å². The van der Waals surface area contributed by atoms with Gasteiger partial charge in [0.25, 0.3) is 0 Å². The second-order valence-corrected chi connectivity index (χ2v) is 4.90. The molecule has 0 radical (unpaired) electrons. The van der Waals surface area contributed by atoms with E-state index in [-0.39, 0.29) is 0 Å². The molecule has 0 aliphatic heterocycles. The Bertz CT molecular complexity index is 949. The van der Waals surface area contributed by atoms with Gasteiger partial charge in [0.2, 0.25) is 5.89 Å². The zero-order valence-electron chi connectivity index (χ0n) is 12.3. The number of fused-ring (bicyclic) bond motifs is 1. The van der Waals surface area contributed by atoms with Crippen LogP contribution >= 0.6 is 0 Å². The normalized spacial score (nSPS) is 10.8. The Hall–Kier alpha value is -3.28. The molecule has 0 unspecified atom stereocenters. The van der Waals surface area contributed by atoms with E-state index < -0.39 is 0 Å². The number of aromatic nitrogens is 4. The summed E-state index contributed by atoms with van der Waals surface area (Å²) in [6.45, 7) is 0.